The zero-order valence-electron chi connectivity index (χ0n) is 25.5. The standard InChI is InChI=1S/C32H32N6O7S/c1-4-6-7-10-22(5-2)36-30-28(33-26-11-8-9-12-27(26)34-30)29(46(44,45)25-15-13-20(3)14-16-25)31(36)35-32(39)21-17-23(37(40)41)19-24(18-21)38(42)43/h8-9,11-19,22H,4-7,10H2,1-3H3,(H,35,39). The number of nitro groups is 2. The largest absolute Gasteiger partial charge is 0.307 e. The van der Waals surface area contributed by atoms with Gasteiger partial charge in [0.25, 0.3) is 17.3 Å². The minimum Gasteiger partial charge on any atom is -0.307 e. The van der Waals surface area contributed by atoms with E-state index < -0.39 is 37.0 Å². The quantitative estimate of drug-likeness (QED) is 0.0826. The summed E-state index contributed by atoms with van der Waals surface area (Å²) in [6.07, 6.45) is 3.89. The molecule has 46 heavy (non-hydrogen) atoms. The fourth-order valence-electron chi connectivity index (χ4n) is 5.46. The number of unbranched alkanes of at least 4 members (excludes halogenated alkanes) is 2. The summed E-state index contributed by atoms with van der Waals surface area (Å²) in [6.45, 7) is 5.84. The molecule has 2 aromatic heterocycles. The Morgan fingerprint density at radius 3 is 2.09 bits per heavy atom. The van der Waals surface area contributed by atoms with Gasteiger partial charge < -0.3 is 9.88 Å². The average Bonchev–Trinajstić information content (AvgIpc) is 3.34. The van der Waals surface area contributed by atoms with Crippen LogP contribution in [0.4, 0.5) is 17.2 Å². The number of sulfone groups is 1. The van der Waals surface area contributed by atoms with Gasteiger partial charge in [0.15, 0.2) is 5.65 Å². The van der Waals surface area contributed by atoms with E-state index in [0.717, 1.165) is 43.0 Å². The molecule has 14 heteroatoms. The van der Waals surface area contributed by atoms with Crippen LogP contribution in [0.1, 0.15) is 67.9 Å². The Labute approximate surface area is 264 Å². The van der Waals surface area contributed by atoms with E-state index in [1.807, 2.05) is 13.8 Å². The molecule has 1 N–H and O–H groups in total. The van der Waals surface area contributed by atoms with E-state index in [-0.39, 0.29) is 38.4 Å². The first-order valence-electron chi connectivity index (χ1n) is 14.8. The van der Waals surface area contributed by atoms with Crippen molar-refractivity contribution in [2.45, 2.75) is 68.7 Å². The number of amides is 1. The van der Waals surface area contributed by atoms with Gasteiger partial charge in [-0.25, -0.2) is 18.4 Å². The highest BCUT2D eigenvalue weighted by Gasteiger charge is 2.35. The summed E-state index contributed by atoms with van der Waals surface area (Å²) in [6, 6.07) is 15.5. The lowest BCUT2D eigenvalue weighted by Gasteiger charge is -2.22. The average molecular weight is 645 g/mol. The molecule has 2 heterocycles. The Bertz CT molecular complexity index is 2060. The third kappa shape index (κ3) is 6.15. The smallest absolute Gasteiger partial charge is 0.277 e. The molecule has 0 aliphatic heterocycles. The number of hydrogen-bond donors (Lipinski definition) is 1. The Kier molecular flexibility index (Phi) is 9.10. The number of para-hydroxylation sites is 2. The third-order valence-electron chi connectivity index (χ3n) is 7.85. The number of aromatic nitrogens is 3. The number of rotatable bonds is 12. The van der Waals surface area contributed by atoms with E-state index in [0.29, 0.717) is 23.9 Å². The maximum atomic E-state index is 14.5. The van der Waals surface area contributed by atoms with E-state index in [1.54, 1.807) is 41.0 Å². The molecule has 0 aliphatic rings. The van der Waals surface area contributed by atoms with Gasteiger partial charge >= 0.3 is 0 Å². The molecule has 0 saturated carbocycles. The lowest BCUT2D eigenvalue weighted by atomic mass is 10.1. The van der Waals surface area contributed by atoms with Gasteiger partial charge in [0.2, 0.25) is 9.84 Å². The molecule has 1 amide bonds. The summed E-state index contributed by atoms with van der Waals surface area (Å²) in [5.74, 6) is -1.09. The van der Waals surface area contributed by atoms with E-state index in [1.165, 1.54) is 12.1 Å². The highest BCUT2D eigenvalue weighted by atomic mass is 32.2. The van der Waals surface area contributed by atoms with Gasteiger partial charge in [-0.2, -0.15) is 0 Å². The van der Waals surface area contributed by atoms with E-state index >= 15 is 0 Å². The molecule has 1 unspecified atom stereocenters. The highest BCUT2D eigenvalue weighted by Crippen LogP contribution is 2.41. The minimum atomic E-state index is -4.35. The van der Waals surface area contributed by atoms with E-state index in [9.17, 15) is 33.4 Å². The fraction of sp³-hybridized carbons (Fsp3) is 0.281. The summed E-state index contributed by atoms with van der Waals surface area (Å²) in [5.41, 5.74) is 0.390. The van der Waals surface area contributed by atoms with Gasteiger partial charge in [0.05, 0.1) is 37.4 Å². The normalized spacial score (nSPS) is 12.3. The molecule has 0 aliphatic carbocycles. The maximum absolute atomic E-state index is 14.5. The van der Waals surface area contributed by atoms with Crippen molar-refractivity contribution in [1.29, 1.82) is 0 Å². The van der Waals surface area contributed by atoms with Crippen LogP contribution in [0.5, 0.6) is 0 Å². The zero-order chi connectivity index (χ0) is 33.2. The number of fused-ring (bicyclic) bond motifs is 2. The number of anilines is 1. The molecule has 0 spiro atoms. The number of nitrogens with one attached hydrogen (secondary N) is 1. The Balaban J connectivity index is 1.83. The number of carbonyl (C=O) groups excluding carboxylic acids is 1. The third-order valence-corrected chi connectivity index (χ3v) is 9.66. The zero-order valence-corrected chi connectivity index (χ0v) is 26.3. The van der Waals surface area contributed by atoms with Crippen LogP contribution in [0.3, 0.4) is 0 Å². The predicted octanol–water partition coefficient (Wildman–Crippen LogP) is 7.33. The lowest BCUT2D eigenvalue weighted by molar-refractivity contribution is -0.394. The van der Waals surface area contributed by atoms with Crippen molar-refractivity contribution in [3.8, 4) is 0 Å². The summed E-state index contributed by atoms with van der Waals surface area (Å²) in [4.78, 5) is 44.6. The first-order valence-corrected chi connectivity index (χ1v) is 16.3. The van der Waals surface area contributed by atoms with Gasteiger partial charge in [-0.15, -0.1) is 0 Å². The van der Waals surface area contributed by atoms with Crippen LogP contribution in [0.25, 0.3) is 22.2 Å². The second-order valence-electron chi connectivity index (χ2n) is 11.0. The molecular weight excluding hydrogens is 612 g/mol. The molecule has 0 fully saturated rings. The van der Waals surface area contributed by atoms with Gasteiger partial charge in [-0.1, -0.05) is 62.9 Å². The van der Waals surface area contributed by atoms with Gasteiger partial charge in [-0.3, -0.25) is 25.0 Å². The fourth-order valence-corrected chi connectivity index (χ4v) is 6.99. The second kappa shape index (κ2) is 13.0. The van der Waals surface area contributed by atoms with Gasteiger partial charge in [-0.05, 0) is 44.0 Å². The monoisotopic (exact) mass is 644 g/mol. The molecule has 1 atom stereocenters. The number of non-ortho nitro benzene ring substituents is 2. The Morgan fingerprint density at radius 2 is 1.52 bits per heavy atom. The van der Waals surface area contributed by atoms with Crippen molar-refractivity contribution in [3.05, 3.63) is 98.1 Å². The van der Waals surface area contributed by atoms with E-state index in [4.69, 9.17) is 9.97 Å². The molecule has 0 bridgehead atoms. The molecule has 5 aromatic rings. The van der Waals surface area contributed by atoms with Crippen molar-refractivity contribution in [3.63, 3.8) is 0 Å². The minimum absolute atomic E-state index is 0.0346. The van der Waals surface area contributed by atoms with Crippen molar-refractivity contribution in [1.82, 2.24) is 14.5 Å². The number of nitrogens with zero attached hydrogens (tertiary/aromatic N) is 5. The molecule has 5 rings (SSSR count). The van der Waals surface area contributed by atoms with Crippen molar-refractivity contribution < 1.29 is 23.1 Å². The summed E-state index contributed by atoms with van der Waals surface area (Å²) in [5, 5.41) is 25.8. The summed E-state index contributed by atoms with van der Waals surface area (Å²) >= 11 is 0. The van der Waals surface area contributed by atoms with Crippen LogP contribution >= 0.6 is 0 Å². The first kappa shape index (κ1) is 32.2. The number of nitro benzene ring substituents is 2. The first-order chi connectivity index (χ1) is 22.0. The number of hydrogen-bond acceptors (Lipinski definition) is 9. The summed E-state index contributed by atoms with van der Waals surface area (Å²) in [7, 11) is -4.35. The van der Waals surface area contributed by atoms with Crippen molar-refractivity contribution >= 4 is 55.1 Å². The molecule has 13 nitrogen and oxygen atoms in total. The van der Waals surface area contributed by atoms with Gasteiger partial charge in [0.1, 0.15) is 16.2 Å². The van der Waals surface area contributed by atoms with Crippen LogP contribution < -0.4 is 5.32 Å². The van der Waals surface area contributed by atoms with Crippen LogP contribution in [0.2, 0.25) is 0 Å². The van der Waals surface area contributed by atoms with Crippen LogP contribution in [0, 0.1) is 27.2 Å². The molecular formula is C32H32N6O7S. The molecule has 3 aromatic carbocycles. The number of carbonyl (C=O) groups is 1. The SMILES string of the molecule is CCCCCC(CC)n1c(NC(=O)c2cc([N+](=O)[O-])cc([N+](=O)[O-])c2)c(S(=O)(=O)c2ccc(C)cc2)c2nc3ccccc3nc21. The van der Waals surface area contributed by atoms with Crippen LogP contribution in [0.15, 0.2) is 76.5 Å². The Hall–Kier alpha value is -5.24. The van der Waals surface area contributed by atoms with Crippen molar-refractivity contribution in [2.24, 2.45) is 0 Å². The Morgan fingerprint density at radius 1 is 0.913 bits per heavy atom. The lowest BCUT2D eigenvalue weighted by Crippen LogP contribution is -2.20. The van der Waals surface area contributed by atoms with E-state index in [2.05, 4.69) is 12.2 Å². The highest BCUT2D eigenvalue weighted by molar-refractivity contribution is 7.92. The van der Waals surface area contributed by atoms with Crippen LogP contribution in [-0.4, -0.2) is 38.7 Å². The molecule has 0 radical (unpaired) electrons. The van der Waals surface area contributed by atoms with Crippen molar-refractivity contribution in [2.75, 3.05) is 5.32 Å². The van der Waals surface area contributed by atoms with Gasteiger partial charge in [0, 0.05) is 18.2 Å². The van der Waals surface area contributed by atoms with Crippen LogP contribution in [-0.2, 0) is 9.84 Å². The molecule has 0 saturated heterocycles. The number of benzene rings is 3. The number of aryl methyl sites for hydroxylation is 1. The molecule has 238 valence electrons. The topological polar surface area (TPSA) is 180 Å². The second-order valence-corrected chi connectivity index (χ2v) is 12.9. The summed E-state index contributed by atoms with van der Waals surface area (Å²) < 4.78 is 30.7. The predicted molar refractivity (Wildman–Crippen MR) is 173 cm³/mol. The maximum Gasteiger partial charge on any atom is 0.277 e.